The maximum absolute atomic E-state index is 5.83. The molecule has 2 heterocycles. The lowest BCUT2D eigenvalue weighted by Crippen LogP contribution is -2.27. The molecule has 0 spiro atoms. The first-order valence-corrected chi connectivity index (χ1v) is 14.8. The standard InChI is InChI=1S/C37H44N3/c1-7-39-32-15-11-9-13-30(32)36(3,4)34(39)23-21-29(28-19-17-27(18-20-28)25-26-38)22-24-35-37(5,6)31-14-10-12-16-33(31)40(35)8-2/h9-24H,7-8,25-26,38H2,1-6H3/q+1. The van der Waals surface area contributed by atoms with E-state index in [-0.39, 0.29) is 10.8 Å². The molecule has 40 heavy (non-hydrogen) atoms. The van der Waals surface area contributed by atoms with Gasteiger partial charge in [-0.3, -0.25) is 0 Å². The third kappa shape index (κ3) is 4.77. The number of allylic oxidation sites excluding steroid dienone is 6. The normalized spacial score (nSPS) is 18.6. The maximum atomic E-state index is 5.83. The number of likely N-dealkylation sites (N-methyl/N-ethyl adjacent to an activating group) is 1. The van der Waals surface area contributed by atoms with E-state index in [1.54, 1.807) is 0 Å². The van der Waals surface area contributed by atoms with Gasteiger partial charge in [-0.15, -0.1) is 0 Å². The average Bonchev–Trinajstić information content (AvgIpc) is 3.32. The molecule has 0 fully saturated rings. The molecule has 0 radical (unpaired) electrons. The molecule has 3 aromatic carbocycles. The van der Waals surface area contributed by atoms with Crippen LogP contribution in [-0.2, 0) is 17.3 Å². The molecule has 2 N–H and O–H groups in total. The highest BCUT2D eigenvalue weighted by Crippen LogP contribution is 2.47. The van der Waals surface area contributed by atoms with Gasteiger partial charge in [0.15, 0.2) is 5.71 Å². The molecule has 2 aliphatic rings. The van der Waals surface area contributed by atoms with E-state index in [0.717, 1.165) is 19.5 Å². The highest BCUT2D eigenvalue weighted by Gasteiger charge is 2.43. The zero-order chi connectivity index (χ0) is 28.5. The van der Waals surface area contributed by atoms with Gasteiger partial charge in [-0.2, -0.15) is 4.58 Å². The van der Waals surface area contributed by atoms with Gasteiger partial charge in [0.05, 0.1) is 5.41 Å². The quantitative estimate of drug-likeness (QED) is 0.237. The molecule has 3 nitrogen and oxygen atoms in total. The summed E-state index contributed by atoms with van der Waals surface area (Å²) in [5.41, 5.74) is 17.5. The second-order valence-corrected chi connectivity index (χ2v) is 11.9. The van der Waals surface area contributed by atoms with Crippen molar-refractivity contribution in [2.75, 3.05) is 24.5 Å². The molecule has 3 heteroatoms. The first kappa shape index (κ1) is 27.9. The summed E-state index contributed by atoms with van der Waals surface area (Å²) in [6.07, 6.45) is 10.2. The summed E-state index contributed by atoms with van der Waals surface area (Å²) in [5, 5.41) is 0. The van der Waals surface area contributed by atoms with Gasteiger partial charge >= 0.3 is 0 Å². The molecule has 0 atom stereocenters. The largest absolute Gasteiger partial charge is 0.344 e. The monoisotopic (exact) mass is 530 g/mol. The molecule has 0 saturated carbocycles. The lowest BCUT2D eigenvalue weighted by molar-refractivity contribution is -0.433. The van der Waals surface area contributed by atoms with Gasteiger partial charge in [-0.05, 0) is 81.1 Å². The summed E-state index contributed by atoms with van der Waals surface area (Å²) < 4.78 is 2.46. The molecule has 0 unspecified atom stereocenters. The Morgan fingerprint density at radius 1 is 0.850 bits per heavy atom. The Labute approximate surface area is 241 Å². The number of hydrogen-bond donors (Lipinski definition) is 1. The van der Waals surface area contributed by atoms with Crippen LogP contribution in [0.5, 0.6) is 0 Å². The zero-order valence-corrected chi connectivity index (χ0v) is 25.0. The second kappa shape index (κ2) is 11.1. The van der Waals surface area contributed by atoms with Gasteiger partial charge in [-0.1, -0.05) is 80.6 Å². The number of rotatable bonds is 8. The number of benzene rings is 3. The number of nitrogens with two attached hydrogens (primary N) is 1. The summed E-state index contributed by atoms with van der Waals surface area (Å²) in [6, 6.07) is 26.5. The van der Waals surface area contributed by atoms with Crippen LogP contribution in [0.1, 0.15) is 63.8 Å². The highest BCUT2D eigenvalue weighted by molar-refractivity contribution is 6.04. The molecule has 0 aliphatic carbocycles. The summed E-state index contributed by atoms with van der Waals surface area (Å²) in [5.74, 6) is 0. The summed E-state index contributed by atoms with van der Waals surface area (Å²) in [7, 11) is 0. The maximum Gasteiger partial charge on any atom is 0.209 e. The topological polar surface area (TPSA) is 32.3 Å². The van der Waals surface area contributed by atoms with Crippen molar-refractivity contribution < 1.29 is 4.58 Å². The molecule has 2 aliphatic heterocycles. The van der Waals surface area contributed by atoms with E-state index >= 15 is 0 Å². The van der Waals surface area contributed by atoms with Gasteiger partial charge < -0.3 is 10.6 Å². The number of anilines is 1. The van der Waals surface area contributed by atoms with Crippen LogP contribution in [0.2, 0.25) is 0 Å². The van der Waals surface area contributed by atoms with Crippen molar-refractivity contribution >= 4 is 22.7 Å². The SMILES string of the molecule is CCN1/C(=C/C=C(/C=C/C2=[N+](CC)c3ccccc3C2(C)C)c2ccc(CCN)cc2)C(C)(C)c2ccccc21. The van der Waals surface area contributed by atoms with E-state index in [2.05, 4.69) is 148 Å². The van der Waals surface area contributed by atoms with Crippen molar-refractivity contribution in [2.24, 2.45) is 5.73 Å². The minimum atomic E-state index is -0.0637. The Morgan fingerprint density at radius 2 is 1.52 bits per heavy atom. The first-order valence-electron chi connectivity index (χ1n) is 14.8. The third-order valence-corrected chi connectivity index (χ3v) is 8.79. The number of para-hydroxylation sites is 2. The highest BCUT2D eigenvalue weighted by atomic mass is 15.2. The van der Waals surface area contributed by atoms with Crippen LogP contribution in [-0.4, -0.2) is 29.9 Å². The van der Waals surface area contributed by atoms with Crippen LogP contribution in [0.3, 0.4) is 0 Å². The third-order valence-electron chi connectivity index (χ3n) is 8.79. The van der Waals surface area contributed by atoms with Crippen molar-refractivity contribution in [3.8, 4) is 0 Å². The van der Waals surface area contributed by atoms with E-state index in [4.69, 9.17) is 5.73 Å². The summed E-state index contributed by atoms with van der Waals surface area (Å²) in [4.78, 5) is 2.46. The smallest absolute Gasteiger partial charge is 0.209 e. The van der Waals surface area contributed by atoms with Crippen LogP contribution in [0, 0.1) is 0 Å². The van der Waals surface area contributed by atoms with Gasteiger partial charge in [-0.25, -0.2) is 0 Å². The second-order valence-electron chi connectivity index (χ2n) is 11.9. The number of nitrogens with zero attached hydrogens (tertiary/aromatic N) is 2. The molecule has 0 bridgehead atoms. The van der Waals surface area contributed by atoms with E-state index in [0.29, 0.717) is 6.54 Å². The molecule has 0 aromatic heterocycles. The molecule has 206 valence electrons. The Morgan fingerprint density at radius 3 is 2.20 bits per heavy atom. The fourth-order valence-corrected chi connectivity index (χ4v) is 6.58. The molecular formula is C37H44N3+. The fourth-order valence-electron chi connectivity index (χ4n) is 6.58. The Kier molecular flexibility index (Phi) is 7.70. The average molecular weight is 531 g/mol. The lowest BCUT2D eigenvalue weighted by atomic mass is 9.81. The number of hydrogen-bond acceptors (Lipinski definition) is 2. The van der Waals surface area contributed by atoms with Gasteiger partial charge in [0, 0.05) is 41.1 Å². The minimum Gasteiger partial charge on any atom is -0.344 e. The molecular weight excluding hydrogens is 486 g/mol. The van der Waals surface area contributed by atoms with E-state index in [1.165, 1.54) is 50.6 Å². The van der Waals surface area contributed by atoms with E-state index in [1.807, 2.05) is 0 Å². The predicted octanol–water partition coefficient (Wildman–Crippen LogP) is 7.93. The van der Waals surface area contributed by atoms with Crippen LogP contribution in [0.25, 0.3) is 5.57 Å². The Hall–Kier alpha value is -3.69. The van der Waals surface area contributed by atoms with Gasteiger partial charge in [0.2, 0.25) is 5.69 Å². The fraction of sp³-hybridized carbons (Fsp3) is 0.324. The van der Waals surface area contributed by atoms with Crippen LogP contribution < -0.4 is 10.6 Å². The van der Waals surface area contributed by atoms with Crippen molar-refractivity contribution in [2.45, 2.75) is 58.8 Å². The van der Waals surface area contributed by atoms with Crippen LogP contribution in [0.15, 0.2) is 103 Å². The van der Waals surface area contributed by atoms with Crippen molar-refractivity contribution in [3.05, 3.63) is 125 Å². The minimum absolute atomic E-state index is 0.0637. The molecule has 5 rings (SSSR count). The molecule has 3 aromatic rings. The van der Waals surface area contributed by atoms with Crippen molar-refractivity contribution in [1.82, 2.24) is 0 Å². The zero-order valence-electron chi connectivity index (χ0n) is 25.0. The Balaban J connectivity index is 1.61. The van der Waals surface area contributed by atoms with Gasteiger partial charge in [0.25, 0.3) is 0 Å². The van der Waals surface area contributed by atoms with Crippen LogP contribution >= 0.6 is 0 Å². The molecule has 0 saturated heterocycles. The summed E-state index contributed by atoms with van der Waals surface area (Å²) >= 11 is 0. The van der Waals surface area contributed by atoms with Gasteiger partial charge in [0.1, 0.15) is 6.54 Å². The predicted molar refractivity (Wildman–Crippen MR) is 172 cm³/mol. The number of fused-ring (bicyclic) bond motifs is 2. The van der Waals surface area contributed by atoms with Crippen molar-refractivity contribution in [3.63, 3.8) is 0 Å². The van der Waals surface area contributed by atoms with E-state index in [9.17, 15) is 0 Å². The molecule has 0 amide bonds. The summed E-state index contributed by atoms with van der Waals surface area (Å²) in [6.45, 7) is 16.4. The van der Waals surface area contributed by atoms with E-state index < -0.39 is 0 Å². The Bertz CT molecular complexity index is 1510. The first-order chi connectivity index (χ1) is 19.2. The lowest BCUT2D eigenvalue weighted by Gasteiger charge is -2.26. The van der Waals surface area contributed by atoms with Crippen molar-refractivity contribution in [1.29, 1.82) is 0 Å². The van der Waals surface area contributed by atoms with Crippen LogP contribution in [0.4, 0.5) is 11.4 Å².